The molecule has 0 aliphatic carbocycles. The third-order valence-electron chi connectivity index (χ3n) is 2.53. The highest BCUT2D eigenvalue weighted by Crippen LogP contribution is 2.21. The minimum absolute atomic E-state index is 0.0696. The van der Waals surface area contributed by atoms with Gasteiger partial charge in [0.1, 0.15) is 0 Å². The average Bonchev–Trinajstić information content (AvgIpc) is 2.59. The van der Waals surface area contributed by atoms with Crippen LogP contribution in [0, 0.1) is 11.8 Å². The minimum Gasteiger partial charge on any atom is -0.351 e. The Balaban J connectivity index is 2.76. The summed E-state index contributed by atoms with van der Waals surface area (Å²) < 4.78 is 4.71. The van der Waals surface area contributed by atoms with E-state index in [9.17, 15) is 0 Å². The summed E-state index contributed by atoms with van der Waals surface area (Å²) in [6, 6.07) is 0.192. The molecule has 0 radical (unpaired) electrons. The van der Waals surface area contributed by atoms with Gasteiger partial charge in [-0.05, 0) is 17.0 Å². The van der Waals surface area contributed by atoms with Crippen LogP contribution in [0.5, 0.6) is 0 Å². The topological polar surface area (TPSA) is 77.0 Å². The fourth-order valence-electron chi connectivity index (χ4n) is 1.48. The van der Waals surface area contributed by atoms with Crippen LogP contribution in [-0.4, -0.2) is 16.2 Å². The molecule has 90 valence electrons. The molecule has 0 fully saturated rings. The molecule has 0 aliphatic heterocycles. The molecule has 0 amide bonds. The zero-order valence-electron chi connectivity index (χ0n) is 10.3. The van der Waals surface area contributed by atoms with E-state index < -0.39 is 0 Å². The first kappa shape index (κ1) is 12.5. The van der Waals surface area contributed by atoms with Crippen LogP contribution in [-0.2, 0) is 0 Å². The molecule has 1 aromatic rings. The highest BCUT2D eigenvalue weighted by molar-refractivity contribution is 5.33. The van der Waals surface area contributed by atoms with Crippen molar-refractivity contribution in [1.82, 2.24) is 10.1 Å². The summed E-state index contributed by atoms with van der Waals surface area (Å²) >= 11 is 0. The van der Waals surface area contributed by atoms with E-state index >= 15 is 0 Å². The summed E-state index contributed by atoms with van der Waals surface area (Å²) in [5.41, 5.74) is 6.49. The maximum atomic E-state index is 5.36. The first-order valence-electron chi connectivity index (χ1n) is 5.46. The molecule has 16 heavy (non-hydrogen) atoms. The lowest BCUT2D eigenvalue weighted by molar-refractivity contribution is 0.434. The van der Waals surface area contributed by atoms with E-state index in [0.717, 1.165) is 5.57 Å². The van der Waals surface area contributed by atoms with Gasteiger partial charge in [0, 0.05) is 0 Å². The molecule has 3 N–H and O–H groups in total. The van der Waals surface area contributed by atoms with E-state index in [-0.39, 0.29) is 12.1 Å². The van der Waals surface area contributed by atoms with Gasteiger partial charge in [0.25, 0.3) is 5.95 Å². The van der Waals surface area contributed by atoms with Crippen LogP contribution in [0.1, 0.15) is 27.7 Å². The number of nitrogens with one attached hydrogen (secondary N) is 1. The van der Waals surface area contributed by atoms with Crippen molar-refractivity contribution in [2.45, 2.75) is 33.7 Å². The predicted molar refractivity (Wildman–Crippen MR) is 64.9 cm³/mol. The fraction of sp³-hybridized carbons (Fsp3) is 0.636. The van der Waals surface area contributed by atoms with Gasteiger partial charge in [0.05, 0.1) is 6.04 Å². The molecule has 0 unspecified atom stereocenters. The van der Waals surface area contributed by atoms with Gasteiger partial charge in [-0.1, -0.05) is 39.8 Å². The van der Waals surface area contributed by atoms with Gasteiger partial charge in [-0.15, -0.1) is 0 Å². The fourth-order valence-corrected chi connectivity index (χ4v) is 1.48. The first-order chi connectivity index (χ1) is 7.41. The van der Waals surface area contributed by atoms with E-state index in [0.29, 0.717) is 17.8 Å². The first-order valence-corrected chi connectivity index (χ1v) is 5.46. The smallest absolute Gasteiger partial charge is 0.320 e. The van der Waals surface area contributed by atoms with Crippen molar-refractivity contribution in [2.75, 3.05) is 11.1 Å². The Labute approximate surface area is 96.1 Å². The highest BCUT2D eigenvalue weighted by atomic mass is 16.5. The molecule has 5 heteroatoms. The monoisotopic (exact) mass is 224 g/mol. The van der Waals surface area contributed by atoms with Crippen LogP contribution in [0.15, 0.2) is 16.7 Å². The maximum Gasteiger partial charge on any atom is 0.320 e. The van der Waals surface area contributed by atoms with Crippen LogP contribution in [0.2, 0.25) is 0 Å². The number of hydrogen-bond donors (Lipinski definition) is 2. The SMILES string of the molecule is C=C(C(C)C)[C@@H](Nc1noc(N)n1)C(C)C. The Morgan fingerprint density at radius 1 is 1.38 bits per heavy atom. The Morgan fingerprint density at radius 3 is 2.38 bits per heavy atom. The zero-order valence-corrected chi connectivity index (χ0v) is 10.3. The Hall–Kier alpha value is -1.52. The number of aromatic nitrogens is 2. The molecule has 0 bridgehead atoms. The molecule has 0 aliphatic rings. The van der Waals surface area contributed by atoms with Crippen molar-refractivity contribution in [1.29, 1.82) is 0 Å². The Morgan fingerprint density at radius 2 is 2.00 bits per heavy atom. The second-order valence-corrected chi connectivity index (χ2v) is 4.55. The maximum absolute atomic E-state index is 5.36. The van der Waals surface area contributed by atoms with Gasteiger partial charge in [-0.3, -0.25) is 0 Å². The second-order valence-electron chi connectivity index (χ2n) is 4.55. The quantitative estimate of drug-likeness (QED) is 0.750. The molecule has 0 saturated heterocycles. The Bertz CT molecular complexity index is 357. The molecule has 0 spiro atoms. The third kappa shape index (κ3) is 2.98. The molecular weight excluding hydrogens is 204 g/mol. The van der Waals surface area contributed by atoms with Gasteiger partial charge in [0.2, 0.25) is 0 Å². The summed E-state index contributed by atoms with van der Waals surface area (Å²) in [6.45, 7) is 12.6. The number of nitrogens with zero attached hydrogens (tertiary/aromatic N) is 2. The standard InChI is InChI=1S/C11H20N4O/c1-6(2)8(5)9(7(3)4)13-11-14-10(12)16-15-11/h6-7,9H,5H2,1-4H3,(H3,12,13,14,15)/t9-/m0/s1. The molecule has 1 rings (SSSR count). The molecular formula is C11H20N4O. The summed E-state index contributed by atoms with van der Waals surface area (Å²) in [6.07, 6.45) is 0. The average molecular weight is 224 g/mol. The van der Waals surface area contributed by atoms with E-state index in [1.54, 1.807) is 0 Å². The number of nitrogens with two attached hydrogens (primary N) is 1. The van der Waals surface area contributed by atoms with Crippen LogP contribution in [0.4, 0.5) is 12.0 Å². The van der Waals surface area contributed by atoms with Crippen molar-refractivity contribution in [2.24, 2.45) is 11.8 Å². The van der Waals surface area contributed by atoms with E-state index in [1.165, 1.54) is 0 Å². The molecule has 1 aromatic heterocycles. The molecule has 5 nitrogen and oxygen atoms in total. The van der Waals surface area contributed by atoms with Gasteiger partial charge in [0.15, 0.2) is 0 Å². The zero-order chi connectivity index (χ0) is 12.3. The summed E-state index contributed by atoms with van der Waals surface area (Å²) in [4.78, 5) is 3.92. The normalized spacial score (nSPS) is 13.1. The predicted octanol–water partition coefficient (Wildman–Crippen LogP) is 2.30. The van der Waals surface area contributed by atoms with Crippen LogP contribution in [0.25, 0.3) is 0 Å². The van der Waals surface area contributed by atoms with E-state index in [2.05, 4.69) is 49.7 Å². The van der Waals surface area contributed by atoms with Gasteiger partial charge in [-0.25, -0.2) is 0 Å². The number of anilines is 2. The summed E-state index contributed by atoms with van der Waals surface area (Å²) in [5, 5.41) is 6.90. The van der Waals surface area contributed by atoms with Crippen molar-refractivity contribution in [3.8, 4) is 0 Å². The van der Waals surface area contributed by atoms with Gasteiger partial charge < -0.3 is 15.6 Å². The van der Waals surface area contributed by atoms with Crippen molar-refractivity contribution in [3.05, 3.63) is 12.2 Å². The van der Waals surface area contributed by atoms with E-state index in [4.69, 9.17) is 10.3 Å². The lowest BCUT2D eigenvalue weighted by Gasteiger charge is -2.26. The van der Waals surface area contributed by atoms with Crippen molar-refractivity contribution < 1.29 is 4.52 Å². The van der Waals surface area contributed by atoms with Crippen molar-refractivity contribution in [3.63, 3.8) is 0 Å². The molecule has 1 atom stereocenters. The minimum atomic E-state index is 0.0696. The Kier molecular flexibility index (Phi) is 3.93. The molecule has 0 aromatic carbocycles. The number of hydrogen-bond acceptors (Lipinski definition) is 5. The lowest BCUT2D eigenvalue weighted by atomic mass is 9.90. The lowest BCUT2D eigenvalue weighted by Crippen LogP contribution is -2.30. The van der Waals surface area contributed by atoms with Crippen LogP contribution in [0.3, 0.4) is 0 Å². The van der Waals surface area contributed by atoms with Crippen LogP contribution >= 0.6 is 0 Å². The summed E-state index contributed by atoms with van der Waals surface area (Å²) in [5.74, 6) is 1.22. The van der Waals surface area contributed by atoms with E-state index in [1.807, 2.05) is 0 Å². The molecule has 1 heterocycles. The number of nitrogen functional groups attached to an aromatic ring is 1. The second kappa shape index (κ2) is 5.01. The number of rotatable bonds is 5. The molecule has 0 saturated carbocycles. The highest BCUT2D eigenvalue weighted by Gasteiger charge is 2.20. The van der Waals surface area contributed by atoms with Gasteiger partial charge >= 0.3 is 6.01 Å². The summed E-state index contributed by atoms with van der Waals surface area (Å²) in [7, 11) is 0. The van der Waals surface area contributed by atoms with Crippen molar-refractivity contribution >= 4 is 12.0 Å². The third-order valence-corrected chi connectivity index (χ3v) is 2.53. The van der Waals surface area contributed by atoms with Crippen LogP contribution < -0.4 is 11.1 Å². The largest absolute Gasteiger partial charge is 0.351 e. The van der Waals surface area contributed by atoms with Gasteiger partial charge in [-0.2, -0.15) is 4.98 Å².